The summed E-state index contributed by atoms with van der Waals surface area (Å²) in [5.74, 6) is -0.398. The fourth-order valence-corrected chi connectivity index (χ4v) is 4.27. The summed E-state index contributed by atoms with van der Waals surface area (Å²) in [4.78, 5) is 36.9. The van der Waals surface area contributed by atoms with Crippen LogP contribution >= 0.6 is 0 Å². The Morgan fingerprint density at radius 1 is 1.30 bits per heavy atom. The van der Waals surface area contributed by atoms with Crippen LogP contribution in [0.15, 0.2) is 23.1 Å². The van der Waals surface area contributed by atoms with Gasteiger partial charge in [0.15, 0.2) is 9.84 Å². The maximum Gasteiger partial charge on any atom is 0.325 e. The number of hydrogen-bond donors (Lipinski definition) is 0. The topological polar surface area (TPSA) is 110 Å². The first-order valence-electron chi connectivity index (χ1n) is 9.65. The highest BCUT2D eigenvalue weighted by Gasteiger charge is 2.30. The molecule has 0 saturated carbocycles. The Morgan fingerprint density at radius 3 is 2.70 bits per heavy atom. The standard InChI is InChI=1S/C20H26N4O5S/c1-13-16-8-7-15(30(4,27)28)10-17(16)22-20(21-13)24-9-5-6-14(11-24)19(26)23(2)12-18(25)29-3/h7-8,10,14H,5-6,9,11-12H2,1-4H3/t14-/m0/s1. The van der Waals surface area contributed by atoms with Gasteiger partial charge in [-0.2, -0.15) is 0 Å². The summed E-state index contributed by atoms with van der Waals surface area (Å²) in [5, 5.41) is 0.786. The average Bonchev–Trinajstić information content (AvgIpc) is 2.72. The molecule has 0 N–H and O–H groups in total. The molecule has 1 aliphatic rings. The molecule has 0 bridgehead atoms. The third-order valence-electron chi connectivity index (χ3n) is 5.30. The molecule has 1 aromatic carbocycles. The van der Waals surface area contributed by atoms with Crippen LogP contribution in [0.5, 0.6) is 0 Å². The van der Waals surface area contributed by atoms with Crippen LogP contribution in [0, 0.1) is 12.8 Å². The first kappa shape index (κ1) is 21.9. The summed E-state index contributed by atoms with van der Waals surface area (Å²) in [5.41, 5.74) is 1.29. The van der Waals surface area contributed by atoms with Crippen LogP contribution < -0.4 is 4.90 Å². The first-order chi connectivity index (χ1) is 14.1. The molecule has 3 rings (SSSR count). The van der Waals surface area contributed by atoms with E-state index in [1.807, 2.05) is 11.8 Å². The van der Waals surface area contributed by atoms with Crippen molar-refractivity contribution in [1.29, 1.82) is 0 Å². The summed E-state index contributed by atoms with van der Waals surface area (Å²) >= 11 is 0. The van der Waals surface area contributed by atoms with Crippen LogP contribution in [0.2, 0.25) is 0 Å². The lowest BCUT2D eigenvalue weighted by Crippen LogP contribution is -2.45. The number of likely N-dealkylation sites (N-methyl/N-ethyl adjacent to an activating group) is 1. The van der Waals surface area contributed by atoms with Crippen LogP contribution in [0.1, 0.15) is 18.5 Å². The molecule has 0 radical (unpaired) electrons. The van der Waals surface area contributed by atoms with Gasteiger partial charge in [0.05, 0.1) is 29.1 Å². The van der Waals surface area contributed by atoms with E-state index in [4.69, 9.17) is 0 Å². The van der Waals surface area contributed by atoms with Gasteiger partial charge in [0.2, 0.25) is 11.9 Å². The van der Waals surface area contributed by atoms with E-state index in [0.29, 0.717) is 31.0 Å². The van der Waals surface area contributed by atoms with Gasteiger partial charge in [0.1, 0.15) is 6.54 Å². The smallest absolute Gasteiger partial charge is 0.325 e. The van der Waals surface area contributed by atoms with Gasteiger partial charge in [-0.15, -0.1) is 0 Å². The average molecular weight is 435 g/mol. The number of aryl methyl sites for hydroxylation is 1. The van der Waals surface area contributed by atoms with E-state index in [-0.39, 0.29) is 23.3 Å². The van der Waals surface area contributed by atoms with Gasteiger partial charge in [-0.05, 0) is 38.0 Å². The summed E-state index contributed by atoms with van der Waals surface area (Å²) < 4.78 is 28.4. The quantitative estimate of drug-likeness (QED) is 0.646. The van der Waals surface area contributed by atoms with Crippen molar-refractivity contribution in [3.63, 3.8) is 0 Å². The molecule has 10 heteroatoms. The van der Waals surface area contributed by atoms with Crippen molar-refractivity contribution in [3.8, 4) is 0 Å². The van der Waals surface area contributed by atoms with Crippen molar-refractivity contribution in [1.82, 2.24) is 14.9 Å². The van der Waals surface area contributed by atoms with Crippen molar-refractivity contribution in [2.45, 2.75) is 24.7 Å². The Hall–Kier alpha value is -2.75. The van der Waals surface area contributed by atoms with Crippen molar-refractivity contribution < 1.29 is 22.7 Å². The maximum absolute atomic E-state index is 12.7. The summed E-state index contributed by atoms with van der Waals surface area (Å²) in [6.07, 6.45) is 2.66. The number of anilines is 1. The zero-order valence-electron chi connectivity index (χ0n) is 17.6. The molecule has 1 atom stereocenters. The van der Waals surface area contributed by atoms with Crippen molar-refractivity contribution in [3.05, 3.63) is 23.9 Å². The van der Waals surface area contributed by atoms with E-state index < -0.39 is 15.8 Å². The third-order valence-corrected chi connectivity index (χ3v) is 6.41. The minimum absolute atomic E-state index is 0.0916. The van der Waals surface area contributed by atoms with Gasteiger partial charge >= 0.3 is 5.97 Å². The van der Waals surface area contributed by atoms with Gasteiger partial charge in [-0.3, -0.25) is 9.59 Å². The number of amides is 1. The SMILES string of the molecule is COC(=O)CN(C)C(=O)[C@H]1CCCN(c2nc(C)c3ccc(S(C)(=O)=O)cc3n2)C1. The van der Waals surface area contributed by atoms with Gasteiger partial charge < -0.3 is 14.5 Å². The van der Waals surface area contributed by atoms with Gasteiger partial charge in [0.25, 0.3) is 0 Å². The fourth-order valence-electron chi connectivity index (χ4n) is 3.63. The largest absolute Gasteiger partial charge is 0.468 e. The predicted octanol–water partition coefficient (Wildman–Crippen LogP) is 1.19. The number of rotatable bonds is 5. The highest BCUT2D eigenvalue weighted by molar-refractivity contribution is 7.90. The maximum atomic E-state index is 12.7. The number of piperidine rings is 1. The lowest BCUT2D eigenvalue weighted by atomic mass is 9.97. The van der Waals surface area contributed by atoms with Gasteiger partial charge in [-0.1, -0.05) is 0 Å². The third kappa shape index (κ3) is 4.69. The predicted molar refractivity (Wildman–Crippen MR) is 112 cm³/mol. The number of benzene rings is 1. The first-order valence-corrected chi connectivity index (χ1v) is 11.5. The lowest BCUT2D eigenvalue weighted by molar-refractivity contribution is -0.147. The number of carbonyl (C=O) groups excluding carboxylic acids is 2. The van der Waals surface area contributed by atoms with Gasteiger partial charge in [0, 0.05) is 31.8 Å². The van der Waals surface area contributed by atoms with Crippen LogP contribution in [-0.4, -0.2) is 75.2 Å². The number of nitrogens with zero attached hydrogens (tertiary/aromatic N) is 4. The Kier molecular flexibility index (Phi) is 6.25. The summed E-state index contributed by atoms with van der Waals surface area (Å²) in [6, 6.07) is 4.83. The molecular formula is C20H26N4O5S. The van der Waals surface area contributed by atoms with Gasteiger partial charge in [-0.25, -0.2) is 18.4 Å². The second-order valence-electron chi connectivity index (χ2n) is 7.62. The van der Waals surface area contributed by atoms with Crippen molar-refractivity contribution in [2.24, 2.45) is 5.92 Å². The molecule has 30 heavy (non-hydrogen) atoms. The molecule has 2 aromatic rings. The molecule has 1 fully saturated rings. The van der Waals surface area contributed by atoms with E-state index in [1.165, 1.54) is 12.0 Å². The monoisotopic (exact) mass is 434 g/mol. The minimum atomic E-state index is -3.35. The van der Waals surface area contributed by atoms with E-state index in [9.17, 15) is 18.0 Å². The Morgan fingerprint density at radius 2 is 2.03 bits per heavy atom. The molecule has 0 unspecified atom stereocenters. The van der Waals surface area contributed by atoms with Crippen molar-refractivity contribution >= 4 is 38.6 Å². The van der Waals surface area contributed by atoms with E-state index >= 15 is 0 Å². The van der Waals surface area contributed by atoms with E-state index in [2.05, 4.69) is 14.7 Å². The minimum Gasteiger partial charge on any atom is -0.468 e. The summed E-state index contributed by atoms with van der Waals surface area (Å²) in [7, 11) is -0.474. The molecule has 162 valence electrons. The number of sulfone groups is 1. The number of carbonyl (C=O) groups is 2. The highest BCUT2D eigenvalue weighted by Crippen LogP contribution is 2.26. The Labute approximate surface area is 176 Å². The van der Waals surface area contributed by atoms with Crippen LogP contribution in [0.4, 0.5) is 5.95 Å². The van der Waals surface area contributed by atoms with Crippen LogP contribution in [0.25, 0.3) is 10.9 Å². The molecule has 1 aromatic heterocycles. The van der Waals surface area contributed by atoms with E-state index in [0.717, 1.165) is 23.8 Å². The molecule has 9 nitrogen and oxygen atoms in total. The number of methoxy groups -OCH3 is 1. The van der Waals surface area contributed by atoms with Crippen LogP contribution in [-0.2, 0) is 24.2 Å². The molecule has 0 aliphatic carbocycles. The van der Waals surface area contributed by atoms with Crippen molar-refractivity contribution in [2.75, 3.05) is 44.9 Å². The molecular weight excluding hydrogens is 408 g/mol. The molecule has 1 amide bonds. The second-order valence-corrected chi connectivity index (χ2v) is 9.63. The van der Waals surface area contributed by atoms with Crippen LogP contribution in [0.3, 0.4) is 0 Å². The highest BCUT2D eigenvalue weighted by atomic mass is 32.2. The molecule has 1 saturated heterocycles. The number of esters is 1. The molecule has 1 aliphatic heterocycles. The Bertz CT molecular complexity index is 1090. The second kappa shape index (κ2) is 8.55. The lowest BCUT2D eigenvalue weighted by Gasteiger charge is -2.34. The number of aromatic nitrogens is 2. The zero-order chi connectivity index (χ0) is 22.1. The number of fused-ring (bicyclic) bond motifs is 1. The normalized spacial score (nSPS) is 17.1. The molecule has 2 heterocycles. The molecule has 0 spiro atoms. The number of ether oxygens (including phenoxy) is 1. The Balaban J connectivity index is 1.86. The number of hydrogen-bond acceptors (Lipinski definition) is 8. The van der Waals surface area contributed by atoms with E-state index in [1.54, 1.807) is 25.2 Å². The fraction of sp³-hybridized carbons (Fsp3) is 0.500. The summed E-state index contributed by atoms with van der Waals surface area (Å²) in [6.45, 7) is 2.89. The zero-order valence-corrected chi connectivity index (χ0v) is 18.4.